The molecular weight excluding hydrogens is 440 g/mol. The van der Waals surface area contributed by atoms with Crippen molar-refractivity contribution >= 4 is 32.5 Å². The molecule has 0 fully saturated rings. The fraction of sp³-hybridized carbons (Fsp3) is 0.167. The van der Waals surface area contributed by atoms with Crippen molar-refractivity contribution in [3.8, 4) is 5.75 Å². The molecule has 0 aliphatic heterocycles. The van der Waals surface area contributed by atoms with Crippen LogP contribution >= 0.6 is 0 Å². The summed E-state index contributed by atoms with van der Waals surface area (Å²) in [7, 11) is -2.31. The molecule has 4 aromatic rings. The summed E-state index contributed by atoms with van der Waals surface area (Å²) in [6.45, 7) is 0.387. The van der Waals surface area contributed by atoms with Crippen molar-refractivity contribution in [1.29, 1.82) is 5.41 Å². The maximum Gasteiger partial charge on any atom is 0.232 e. The van der Waals surface area contributed by atoms with E-state index in [0.717, 1.165) is 27.2 Å². The lowest BCUT2D eigenvalue weighted by Crippen LogP contribution is -2.28. The van der Waals surface area contributed by atoms with Crippen molar-refractivity contribution in [2.75, 3.05) is 17.6 Å². The summed E-state index contributed by atoms with van der Waals surface area (Å²) in [6, 6.07) is 21.4. The minimum absolute atomic E-state index is 0.0194. The van der Waals surface area contributed by atoms with Crippen LogP contribution in [-0.4, -0.2) is 41.7 Å². The van der Waals surface area contributed by atoms with Gasteiger partial charge in [0.1, 0.15) is 5.75 Å². The quantitative estimate of drug-likeness (QED) is 0.410. The van der Waals surface area contributed by atoms with Gasteiger partial charge < -0.3 is 14.2 Å². The lowest BCUT2D eigenvalue weighted by molar-refractivity contribution is 0.0971. The third-order valence-corrected chi connectivity index (χ3v) is 6.79. The molecule has 0 spiro atoms. The molecule has 0 aliphatic rings. The van der Waals surface area contributed by atoms with Gasteiger partial charge >= 0.3 is 0 Å². The Bertz CT molecular complexity index is 1500. The Balaban J connectivity index is 1.72. The second-order valence-corrected chi connectivity index (χ2v) is 9.84. The predicted octanol–water partition coefficient (Wildman–Crippen LogP) is 2.95. The summed E-state index contributed by atoms with van der Waals surface area (Å²) in [5.41, 5.74) is 3.07. The molecular formula is C24H24N4O4S. The Labute approximate surface area is 191 Å². The topological polar surface area (TPSA) is 108 Å². The summed E-state index contributed by atoms with van der Waals surface area (Å²) in [6.07, 6.45) is 1.02. The number of sulfonamides is 1. The molecule has 0 saturated carbocycles. The lowest BCUT2D eigenvalue weighted by Gasteiger charge is -2.18. The zero-order valence-corrected chi connectivity index (χ0v) is 19.1. The molecule has 3 aromatic carbocycles. The summed E-state index contributed by atoms with van der Waals surface area (Å²) in [5, 5.41) is 18.9. The first-order chi connectivity index (χ1) is 15.7. The van der Waals surface area contributed by atoms with Crippen LogP contribution in [0.25, 0.3) is 11.0 Å². The van der Waals surface area contributed by atoms with Gasteiger partial charge in [0.05, 0.1) is 36.1 Å². The van der Waals surface area contributed by atoms with Gasteiger partial charge in [-0.15, -0.1) is 0 Å². The number of Topliss-reactive ketones (excluding diaryl/α,β-unsaturated/α-hetero) is 1. The van der Waals surface area contributed by atoms with Crippen LogP contribution in [0.4, 0.5) is 5.69 Å². The zero-order valence-electron chi connectivity index (χ0n) is 18.3. The molecule has 0 unspecified atom stereocenters. The predicted molar refractivity (Wildman–Crippen MR) is 127 cm³/mol. The lowest BCUT2D eigenvalue weighted by atomic mass is 10.1. The molecule has 4 rings (SSSR count). The molecule has 8 nitrogen and oxygen atoms in total. The van der Waals surface area contributed by atoms with Crippen LogP contribution in [0, 0.1) is 5.41 Å². The number of aromatic hydroxyl groups is 1. The molecule has 2 N–H and O–H groups in total. The SMILES string of the molecule is CN(c1cc(C(=O)Cn2c(=N)n(Cc3ccccc3)c3ccccc32)ccc1O)S(C)(=O)=O. The second kappa shape index (κ2) is 8.59. The van der Waals surface area contributed by atoms with Crippen molar-refractivity contribution in [3.05, 3.63) is 89.5 Å². The maximum atomic E-state index is 13.2. The van der Waals surface area contributed by atoms with Gasteiger partial charge in [-0.2, -0.15) is 0 Å². The van der Waals surface area contributed by atoms with Crippen molar-refractivity contribution in [1.82, 2.24) is 9.13 Å². The van der Waals surface area contributed by atoms with Crippen LogP contribution in [0.1, 0.15) is 15.9 Å². The number of aromatic nitrogens is 2. The van der Waals surface area contributed by atoms with Crippen molar-refractivity contribution in [3.63, 3.8) is 0 Å². The van der Waals surface area contributed by atoms with Crippen LogP contribution in [0.2, 0.25) is 0 Å². The number of nitrogens with one attached hydrogen (secondary N) is 1. The fourth-order valence-corrected chi connectivity index (χ4v) is 4.25. The van der Waals surface area contributed by atoms with Gasteiger partial charge in [-0.1, -0.05) is 42.5 Å². The molecule has 33 heavy (non-hydrogen) atoms. The first-order valence-corrected chi connectivity index (χ1v) is 12.1. The number of rotatable bonds is 7. The van der Waals surface area contributed by atoms with E-state index in [4.69, 9.17) is 5.41 Å². The smallest absolute Gasteiger partial charge is 0.232 e. The number of imidazole rings is 1. The van der Waals surface area contributed by atoms with Crippen molar-refractivity contribution in [2.45, 2.75) is 13.1 Å². The largest absolute Gasteiger partial charge is 0.506 e. The third kappa shape index (κ3) is 4.40. The van der Waals surface area contributed by atoms with E-state index in [2.05, 4.69) is 0 Å². The van der Waals surface area contributed by atoms with E-state index in [1.54, 1.807) is 4.57 Å². The van der Waals surface area contributed by atoms with Crippen LogP contribution in [-0.2, 0) is 23.1 Å². The highest BCUT2D eigenvalue weighted by Gasteiger charge is 2.20. The molecule has 0 saturated heterocycles. The Morgan fingerprint density at radius 3 is 2.21 bits per heavy atom. The molecule has 1 aromatic heterocycles. The minimum Gasteiger partial charge on any atom is -0.506 e. The number of phenols is 1. The summed E-state index contributed by atoms with van der Waals surface area (Å²) >= 11 is 0. The number of fused-ring (bicyclic) bond motifs is 1. The highest BCUT2D eigenvalue weighted by molar-refractivity contribution is 7.92. The Morgan fingerprint density at radius 1 is 0.970 bits per heavy atom. The van der Waals surface area contributed by atoms with E-state index >= 15 is 0 Å². The highest BCUT2D eigenvalue weighted by Crippen LogP contribution is 2.29. The number of phenolic OH excluding ortho intramolecular Hbond substituents is 1. The Morgan fingerprint density at radius 2 is 1.58 bits per heavy atom. The molecule has 0 radical (unpaired) electrons. The van der Waals surface area contributed by atoms with E-state index in [1.807, 2.05) is 59.2 Å². The minimum atomic E-state index is -3.62. The molecule has 0 aliphatic carbocycles. The monoisotopic (exact) mass is 464 g/mol. The maximum absolute atomic E-state index is 13.2. The van der Waals surface area contributed by atoms with Gasteiger partial charge in [-0.3, -0.25) is 14.5 Å². The van der Waals surface area contributed by atoms with Crippen LogP contribution < -0.4 is 9.92 Å². The standard InChI is InChI=1S/C24H24N4O4S/c1-26(33(2,31)32)21-14-18(12-13-22(21)29)23(30)16-28-20-11-7-6-10-19(20)27(24(28)25)15-17-8-4-3-5-9-17/h3-14,25,29H,15-16H2,1-2H3. The number of hydrogen-bond acceptors (Lipinski definition) is 5. The van der Waals surface area contributed by atoms with Gasteiger partial charge in [0.25, 0.3) is 0 Å². The Hall–Kier alpha value is -3.85. The van der Waals surface area contributed by atoms with Crippen LogP contribution in [0.5, 0.6) is 5.75 Å². The third-order valence-electron chi connectivity index (χ3n) is 5.59. The molecule has 0 amide bonds. The number of para-hydroxylation sites is 2. The number of carbonyl (C=O) groups excluding carboxylic acids is 1. The summed E-state index contributed by atoms with van der Waals surface area (Å²) in [5.74, 6) is -0.549. The van der Waals surface area contributed by atoms with E-state index < -0.39 is 10.0 Å². The summed E-state index contributed by atoms with van der Waals surface area (Å²) < 4.78 is 28.2. The zero-order chi connectivity index (χ0) is 23.8. The first kappa shape index (κ1) is 22.3. The van der Waals surface area contributed by atoms with Crippen LogP contribution in [0.3, 0.4) is 0 Å². The number of hydrogen-bond donors (Lipinski definition) is 2. The van der Waals surface area contributed by atoms with E-state index in [9.17, 15) is 18.3 Å². The Kier molecular flexibility index (Phi) is 5.82. The van der Waals surface area contributed by atoms with Crippen LogP contribution in [0.15, 0.2) is 72.8 Å². The van der Waals surface area contributed by atoms with Crippen molar-refractivity contribution in [2.24, 2.45) is 0 Å². The van der Waals surface area contributed by atoms with Gasteiger partial charge in [0, 0.05) is 12.6 Å². The van der Waals surface area contributed by atoms with E-state index in [0.29, 0.717) is 6.54 Å². The van der Waals surface area contributed by atoms with Gasteiger partial charge in [-0.25, -0.2) is 8.42 Å². The van der Waals surface area contributed by atoms with Crippen molar-refractivity contribution < 1.29 is 18.3 Å². The number of anilines is 1. The fourth-order valence-electron chi connectivity index (χ4n) is 3.74. The van der Waals surface area contributed by atoms with Gasteiger partial charge in [0.2, 0.25) is 15.6 Å². The number of benzene rings is 3. The van der Waals surface area contributed by atoms with E-state index in [1.165, 1.54) is 25.2 Å². The van der Waals surface area contributed by atoms with E-state index in [-0.39, 0.29) is 34.9 Å². The number of nitrogens with zero attached hydrogens (tertiary/aromatic N) is 3. The molecule has 0 bridgehead atoms. The molecule has 0 atom stereocenters. The number of ketones is 1. The van der Waals surface area contributed by atoms with Gasteiger partial charge in [-0.05, 0) is 35.9 Å². The molecule has 170 valence electrons. The average molecular weight is 465 g/mol. The number of carbonyl (C=O) groups is 1. The molecule has 1 heterocycles. The summed E-state index contributed by atoms with van der Waals surface area (Å²) in [4.78, 5) is 13.2. The second-order valence-electron chi connectivity index (χ2n) is 7.83. The first-order valence-electron chi connectivity index (χ1n) is 10.2. The highest BCUT2D eigenvalue weighted by atomic mass is 32.2. The average Bonchev–Trinajstić information content (AvgIpc) is 3.05. The normalized spacial score (nSPS) is 11.6. The molecule has 9 heteroatoms. The van der Waals surface area contributed by atoms with Gasteiger partial charge in [0.15, 0.2) is 5.78 Å².